The van der Waals surface area contributed by atoms with Gasteiger partial charge in [0.25, 0.3) is 11.8 Å². The summed E-state index contributed by atoms with van der Waals surface area (Å²) in [4.78, 5) is 26.3. The van der Waals surface area contributed by atoms with Crippen LogP contribution in [0.15, 0.2) is 66.7 Å². The summed E-state index contributed by atoms with van der Waals surface area (Å²) < 4.78 is 5.39. The smallest absolute Gasteiger partial charge is 0.261 e. The first-order valence-electron chi connectivity index (χ1n) is 9.71. The number of nitrogens with zero attached hydrogens (tertiary/aromatic N) is 2. The number of rotatable bonds is 6. The van der Waals surface area contributed by atoms with Crippen molar-refractivity contribution in [2.75, 3.05) is 7.11 Å². The number of hydrogen-bond donors (Lipinski definition) is 0. The minimum Gasteiger partial charge on any atom is -0.496 e. The molecule has 0 saturated heterocycles. The van der Waals surface area contributed by atoms with Crippen LogP contribution >= 0.6 is 0 Å². The summed E-state index contributed by atoms with van der Waals surface area (Å²) in [6.45, 7) is 0.255. The Bertz CT molecular complexity index is 1120. The second-order valence-corrected chi connectivity index (χ2v) is 7.20. The summed E-state index contributed by atoms with van der Waals surface area (Å²) in [5.41, 5.74) is 4.57. The fourth-order valence-electron chi connectivity index (χ4n) is 3.70. The van der Waals surface area contributed by atoms with Crippen LogP contribution in [-0.2, 0) is 19.4 Å². The van der Waals surface area contributed by atoms with Gasteiger partial charge in [0.2, 0.25) is 0 Å². The number of aryl methyl sites for hydroxylation is 2. The maximum Gasteiger partial charge on any atom is 0.261 e. The molecule has 0 atom stereocenters. The molecule has 2 amide bonds. The van der Waals surface area contributed by atoms with Crippen LogP contribution in [0.5, 0.6) is 5.75 Å². The fraction of sp³-hybridized carbons (Fsp3) is 0.160. The molecule has 1 aliphatic rings. The first-order valence-corrected chi connectivity index (χ1v) is 9.71. The largest absolute Gasteiger partial charge is 0.496 e. The summed E-state index contributed by atoms with van der Waals surface area (Å²) in [5, 5.41) is 9.11. The van der Waals surface area contributed by atoms with Crippen molar-refractivity contribution in [1.82, 2.24) is 4.90 Å². The zero-order chi connectivity index (χ0) is 21.1. The highest BCUT2D eigenvalue weighted by Crippen LogP contribution is 2.25. The molecule has 1 heterocycles. The van der Waals surface area contributed by atoms with Gasteiger partial charge in [-0.25, -0.2) is 0 Å². The molecule has 0 aliphatic carbocycles. The molecule has 4 rings (SSSR count). The van der Waals surface area contributed by atoms with Gasteiger partial charge in [0.1, 0.15) is 5.75 Å². The Morgan fingerprint density at radius 2 is 1.50 bits per heavy atom. The number of hydrogen-bond acceptors (Lipinski definition) is 4. The van der Waals surface area contributed by atoms with Crippen molar-refractivity contribution in [2.45, 2.75) is 19.4 Å². The quantitative estimate of drug-likeness (QED) is 0.587. The van der Waals surface area contributed by atoms with E-state index in [1.807, 2.05) is 36.4 Å². The van der Waals surface area contributed by atoms with E-state index in [0.717, 1.165) is 35.3 Å². The molecule has 148 valence electrons. The molecule has 0 unspecified atom stereocenters. The second-order valence-electron chi connectivity index (χ2n) is 7.20. The number of nitriles is 1. The number of fused-ring (bicyclic) bond motifs is 1. The van der Waals surface area contributed by atoms with Gasteiger partial charge in [-0.2, -0.15) is 5.26 Å². The average Bonchev–Trinajstić information content (AvgIpc) is 3.03. The molecule has 5 nitrogen and oxygen atoms in total. The first-order chi connectivity index (χ1) is 14.6. The highest BCUT2D eigenvalue weighted by atomic mass is 16.5. The van der Waals surface area contributed by atoms with Gasteiger partial charge in [-0.3, -0.25) is 14.5 Å². The van der Waals surface area contributed by atoms with Crippen LogP contribution < -0.4 is 4.74 Å². The Hall–Kier alpha value is -3.91. The molecule has 30 heavy (non-hydrogen) atoms. The highest BCUT2D eigenvalue weighted by molar-refractivity contribution is 6.21. The fourth-order valence-corrected chi connectivity index (χ4v) is 3.70. The normalized spacial score (nSPS) is 12.6. The number of carbonyl (C=O) groups excluding carboxylic acids is 2. The van der Waals surface area contributed by atoms with E-state index in [1.54, 1.807) is 37.4 Å². The molecular weight excluding hydrogens is 376 g/mol. The molecule has 0 spiro atoms. The third-order valence-electron chi connectivity index (χ3n) is 5.33. The predicted octanol–water partition coefficient (Wildman–Crippen LogP) is 4.15. The van der Waals surface area contributed by atoms with Crippen molar-refractivity contribution in [3.05, 3.63) is 100 Å². The van der Waals surface area contributed by atoms with Crippen molar-refractivity contribution in [1.29, 1.82) is 5.26 Å². The molecule has 0 aromatic heterocycles. The number of carbonyl (C=O) groups is 2. The first kappa shape index (κ1) is 19.4. The Balaban J connectivity index is 1.43. The average molecular weight is 396 g/mol. The van der Waals surface area contributed by atoms with E-state index in [1.165, 1.54) is 4.90 Å². The summed E-state index contributed by atoms with van der Waals surface area (Å²) in [6.07, 6.45) is 1.54. The lowest BCUT2D eigenvalue weighted by atomic mass is 10.0. The Morgan fingerprint density at radius 1 is 0.867 bits per heavy atom. The Morgan fingerprint density at radius 3 is 2.10 bits per heavy atom. The van der Waals surface area contributed by atoms with E-state index < -0.39 is 0 Å². The number of ether oxygens (including phenoxy) is 1. The van der Waals surface area contributed by atoms with Crippen molar-refractivity contribution >= 4 is 11.8 Å². The van der Waals surface area contributed by atoms with Crippen LogP contribution in [0.4, 0.5) is 0 Å². The van der Waals surface area contributed by atoms with Crippen LogP contribution in [0.25, 0.3) is 0 Å². The molecule has 1 aliphatic heterocycles. The lowest BCUT2D eigenvalue weighted by Gasteiger charge is -2.14. The molecule has 5 heteroatoms. The minimum atomic E-state index is -0.246. The van der Waals surface area contributed by atoms with E-state index in [2.05, 4.69) is 6.07 Å². The summed E-state index contributed by atoms with van der Waals surface area (Å²) in [5.74, 6) is 0.282. The zero-order valence-corrected chi connectivity index (χ0v) is 16.6. The van der Waals surface area contributed by atoms with Gasteiger partial charge in [-0.15, -0.1) is 0 Å². The summed E-state index contributed by atoms with van der Waals surface area (Å²) in [7, 11) is 1.62. The van der Waals surface area contributed by atoms with Crippen molar-refractivity contribution in [3.63, 3.8) is 0 Å². The molecule has 0 saturated carbocycles. The molecule has 0 fully saturated rings. The maximum atomic E-state index is 12.5. The Kier molecular flexibility index (Phi) is 5.32. The lowest BCUT2D eigenvalue weighted by Crippen LogP contribution is -2.29. The third kappa shape index (κ3) is 3.68. The third-order valence-corrected chi connectivity index (χ3v) is 5.33. The standard InChI is InChI=1S/C25H20N2O3/c1-30-23-13-11-19(15-26)14-20(23)12-10-17-6-8-18(9-7-17)16-27-24(28)21-4-2-3-5-22(21)25(27)29/h2-9,11,13-14H,10,12,16H2,1H3. The second kappa shape index (κ2) is 8.22. The molecule has 3 aromatic carbocycles. The lowest BCUT2D eigenvalue weighted by molar-refractivity contribution is 0.0642. The monoisotopic (exact) mass is 396 g/mol. The van der Waals surface area contributed by atoms with Crippen LogP contribution in [-0.4, -0.2) is 23.8 Å². The van der Waals surface area contributed by atoms with Gasteiger partial charge in [0.15, 0.2) is 0 Å². The number of amides is 2. The van der Waals surface area contributed by atoms with Crippen LogP contribution in [0.1, 0.15) is 43.0 Å². The molecule has 0 bridgehead atoms. The van der Waals surface area contributed by atoms with Crippen molar-refractivity contribution in [2.24, 2.45) is 0 Å². The van der Waals surface area contributed by atoms with Crippen molar-refractivity contribution in [3.8, 4) is 11.8 Å². The Labute approximate surface area is 175 Å². The van der Waals surface area contributed by atoms with Gasteiger partial charge in [-0.05, 0) is 59.9 Å². The van der Waals surface area contributed by atoms with E-state index in [0.29, 0.717) is 16.7 Å². The van der Waals surface area contributed by atoms with Crippen molar-refractivity contribution < 1.29 is 14.3 Å². The molecule has 0 radical (unpaired) electrons. The van der Waals surface area contributed by atoms with E-state index in [-0.39, 0.29) is 18.4 Å². The molecule has 3 aromatic rings. The van der Waals surface area contributed by atoms with Crippen LogP contribution in [0, 0.1) is 11.3 Å². The topological polar surface area (TPSA) is 70.4 Å². The number of methoxy groups -OCH3 is 1. The van der Waals surface area contributed by atoms with Crippen LogP contribution in [0.2, 0.25) is 0 Å². The van der Waals surface area contributed by atoms with E-state index in [9.17, 15) is 9.59 Å². The van der Waals surface area contributed by atoms with E-state index in [4.69, 9.17) is 10.00 Å². The van der Waals surface area contributed by atoms with Crippen LogP contribution in [0.3, 0.4) is 0 Å². The maximum absolute atomic E-state index is 12.5. The summed E-state index contributed by atoms with van der Waals surface area (Å²) in [6, 6.07) is 22.4. The molecule has 0 N–H and O–H groups in total. The zero-order valence-electron chi connectivity index (χ0n) is 16.6. The SMILES string of the molecule is COc1ccc(C#N)cc1CCc1ccc(CN2C(=O)c3ccccc3C2=O)cc1. The van der Waals surface area contributed by atoms with Gasteiger partial charge < -0.3 is 4.74 Å². The molecular formula is C25H20N2O3. The van der Waals surface area contributed by atoms with Gasteiger partial charge in [0, 0.05) is 0 Å². The number of imide groups is 1. The minimum absolute atomic E-state index is 0.246. The van der Waals surface area contributed by atoms with Gasteiger partial charge in [0.05, 0.1) is 36.4 Å². The predicted molar refractivity (Wildman–Crippen MR) is 112 cm³/mol. The van der Waals surface area contributed by atoms with E-state index >= 15 is 0 Å². The summed E-state index contributed by atoms with van der Waals surface area (Å²) >= 11 is 0. The van der Waals surface area contributed by atoms with Gasteiger partial charge in [-0.1, -0.05) is 36.4 Å². The van der Waals surface area contributed by atoms with Gasteiger partial charge >= 0.3 is 0 Å². The number of benzene rings is 3. The highest BCUT2D eigenvalue weighted by Gasteiger charge is 2.34.